The van der Waals surface area contributed by atoms with Gasteiger partial charge in [-0.1, -0.05) is 39.0 Å². The van der Waals surface area contributed by atoms with E-state index < -0.39 is 30.9 Å². The number of hydrogen-bond donors (Lipinski definition) is 0. The molecule has 0 aromatic carbocycles. The molecule has 19 heavy (non-hydrogen) atoms. The van der Waals surface area contributed by atoms with Crippen molar-refractivity contribution in [3.8, 4) is 0 Å². The lowest BCUT2D eigenvalue weighted by atomic mass is 9.99. The van der Waals surface area contributed by atoms with Gasteiger partial charge in [0.05, 0.1) is 0 Å². The smallest absolute Gasteiger partial charge is 0.244 e. The first kappa shape index (κ1) is 18.5. The van der Waals surface area contributed by atoms with Gasteiger partial charge >= 0.3 is 17.8 Å². The number of halogens is 7. The van der Waals surface area contributed by atoms with E-state index in [1.54, 1.807) is 0 Å². The van der Waals surface area contributed by atoms with Gasteiger partial charge in [0.2, 0.25) is 0 Å². The Morgan fingerprint density at radius 2 is 1.16 bits per heavy atom. The fourth-order valence-electron chi connectivity index (χ4n) is 1.64. The lowest BCUT2D eigenvalue weighted by molar-refractivity contribution is -0.313. The van der Waals surface area contributed by atoms with E-state index in [2.05, 4.69) is 0 Å². The van der Waals surface area contributed by atoms with Crippen LogP contribution in [0.4, 0.5) is 30.7 Å². The van der Waals surface area contributed by atoms with Gasteiger partial charge in [-0.25, -0.2) is 4.39 Å². The Labute approximate surface area is 108 Å². The van der Waals surface area contributed by atoms with Crippen LogP contribution in [0.15, 0.2) is 0 Å². The van der Waals surface area contributed by atoms with Crippen LogP contribution < -0.4 is 0 Å². The van der Waals surface area contributed by atoms with Crippen molar-refractivity contribution in [3.63, 3.8) is 0 Å². The molecule has 0 radical (unpaired) electrons. The monoisotopic (exact) mass is 296 g/mol. The van der Waals surface area contributed by atoms with Crippen LogP contribution in [0.25, 0.3) is 0 Å². The van der Waals surface area contributed by atoms with Crippen LogP contribution in [0.3, 0.4) is 0 Å². The SMILES string of the molecule is CCCCCCCCC(F)(F)C(F)(F)C(F)(F)CF. The molecule has 0 aliphatic rings. The molecule has 0 N–H and O–H groups in total. The molecule has 0 heterocycles. The molecular formula is C12H19F7. The third-order valence-corrected chi connectivity index (χ3v) is 2.93. The zero-order valence-electron chi connectivity index (χ0n) is 10.8. The van der Waals surface area contributed by atoms with Crippen LogP contribution in [-0.2, 0) is 0 Å². The predicted molar refractivity (Wildman–Crippen MR) is 58.8 cm³/mol. The topological polar surface area (TPSA) is 0 Å². The average Bonchev–Trinajstić information content (AvgIpc) is 2.33. The van der Waals surface area contributed by atoms with E-state index in [9.17, 15) is 30.7 Å². The minimum absolute atomic E-state index is 0.271. The van der Waals surface area contributed by atoms with Crippen molar-refractivity contribution in [2.24, 2.45) is 0 Å². The minimum Gasteiger partial charge on any atom is -0.244 e. The van der Waals surface area contributed by atoms with Crippen LogP contribution in [0.5, 0.6) is 0 Å². The summed E-state index contributed by atoms with van der Waals surface area (Å²) in [6.07, 6.45) is 1.86. The Bertz CT molecular complexity index is 250. The summed E-state index contributed by atoms with van der Waals surface area (Å²) in [5.74, 6) is -15.9. The van der Waals surface area contributed by atoms with Crippen LogP contribution >= 0.6 is 0 Å². The summed E-state index contributed by atoms with van der Waals surface area (Å²) in [6, 6.07) is 0. The maximum atomic E-state index is 13.1. The van der Waals surface area contributed by atoms with Crippen molar-refractivity contribution in [1.29, 1.82) is 0 Å². The molecule has 116 valence electrons. The van der Waals surface area contributed by atoms with Crippen LogP contribution in [0.2, 0.25) is 0 Å². The van der Waals surface area contributed by atoms with E-state index in [-0.39, 0.29) is 12.8 Å². The van der Waals surface area contributed by atoms with Gasteiger partial charge in [-0.15, -0.1) is 0 Å². The summed E-state index contributed by atoms with van der Waals surface area (Å²) in [5.41, 5.74) is 0. The van der Waals surface area contributed by atoms with Crippen molar-refractivity contribution in [1.82, 2.24) is 0 Å². The molecule has 0 saturated heterocycles. The zero-order valence-corrected chi connectivity index (χ0v) is 10.8. The summed E-state index contributed by atoms with van der Waals surface area (Å²) in [5, 5.41) is 0. The fraction of sp³-hybridized carbons (Fsp3) is 1.00. The molecule has 0 aliphatic heterocycles. The molecule has 0 aliphatic carbocycles. The highest BCUT2D eigenvalue weighted by molar-refractivity contribution is 4.95. The average molecular weight is 296 g/mol. The van der Waals surface area contributed by atoms with E-state index in [4.69, 9.17) is 0 Å². The number of hydrogen-bond acceptors (Lipinski definition) is 0. The first-order chi connectivity index (χ1) is 8.62. The maximum Gasteiger partial charge on any atom is 0.374 e. The number of rotatable bonds is 10. The largest absolute Gasteiger partial charge is 0.374 e. The normalized spacial score (nSPS) is 13.9. The number of alkyl halides is 7. The summed E-state index contributed by atoms with van der Waals surface area (Å²) in [6.45, 7) is -0.847. The maximum absolute atomic E-state index is 13.1. The van der Waals surface area contributed by atoms with Crippen LogP contribution in [-0.4, -0.2) is 24.4 Å². The Kier molecular flexibility index (Phi) is 7.15. The molecule has 0 aromatic rings. The Morgan fingerprint density at radius 3 is 1.63 bits per heavy atom. The summed E-state index contributed by atoms with van der Waals surface area (Å²) < 4.78 is 88.6. The van der Waals surface area contributed by atoms with Crippen molar-refractivity contribution >= 4 is 0 Å². The Morgan fingerprint density at radius 1 is 0.684 bits per heavy atom. The van der Waals surface area contributed by atoms with Gasteiger partial charge in [-0.2, -0.15) is 26.3 Å². The van der Waals surface area contributed by atoms with E-state index in [0.29, 0.717) is 6.42 Å². The quantitative estimate of drug-likeness (QED) is 0.363. The lowest BCUT2D eigenvalue weighted by Gasteiger charge is -2.31. The third-order valence-electron chi connectivity index (χ3n) is 2.93. The van der Waals surface area contributed by atoms with Crippen molar-refractivity contribution in [2.75, 3.05) is 6.67 Å². The molecule has 0 saturated carbocycles. The first-order valence-corrected chi connectivity index (χ1v) is 6.32. The second kappa shape index (κ2) is 7.33. The van der Waals surface area contributed by atoms with Gasteiger partial charge in [-0.05, 0) is 6.42 Å². The highest BCUT2D eigenvalue weighted by Gasteiger charge is 2.70. The summed E-state index contributed by atoms with van der Waals surface area (Å²) in [4.78, 5) is 0. The summed E-state index contributed by atoms with van der Waals surface area (Å²) in [7, 11) is 0. The van der Waals surface area contributed by atoms with E-state index >= 15 is 0 Å². The Balaban J connectivity index is 4.30. The first-order valence-electron chi connectivity index (χ1n) is 6.32. The molecule has 0 nitrogen and oxygen atoms in total. The van der Waals surface area contributed by atoms with Gasteiger partial charge in [-0.3, -0.25) is 0 Å². The van der Waals surface area contributed by atoms with E-state index in [1.165, 1.54) is 0 Å². The minimum atomic E-state index is -5.65. The van der Waals surface area contributed by atoms with Gasteiger partial charge in [0.15, 0.2) is 6.67 Å². The van der Waals surface area contributed by atoms with Gasteiger partial charge in [0, 0.05) is 6.42 Å². The molecular weight excluding hydrogens is 277 g/mol. The fourth-order valence-corrected chi connectivity index (χ4v) is 1.64. The van der Waals surface area contributed by atoms with Gasteiger partial charge < -0.3 is 0 Å². The molecule has 0 amide bonds. The second-order valence-corrected chi connectivity index (χ2v) is 4.63. The molecule has 0 fully saturated rings. The van der Waals surface area contributed by atoms with Crippen LogP contribution in [0, 0.1) is 0 Å². The van der Waals surface area contributed by atoms with E-state index in [0.717, 1.165) is 19.3 Å². The van der Waals surface area contributed by atoms with Crippen molar-refractivity contribution in [3.05, 3.63) is 0 Å². The Hall–Kier alpha value is -0.490. The molecule has 0 bridgehead atoms. The molecule has 0 spiro atoms. The second-order valence-electron chi connectivity index (χ2n) is 4.63. The standard InChI is InChI=1S/C12H19F7/c1-2-3-4-5-6-7-8-10(14,15)12(18,19)11(16,17)9-13/h2-9H2,1H3. The molecule has 0 rings (SSSR count). The zero-order chi connectivity index (χ0) is 15.2. The van der Waals surface area contributed by atoms with Gasteiger partial charge in [0.25, 0.3) is 0 Å². The molecule has 7 heteroatoms. The lowest BCUT2D eigenvalue weighted by Crippen LogP contribution is -2.55. The number of unbranched alkanes of at least 4 members (excludes halogenated alkanes) is 5. The van der Waals surface area contributed by atoms with Gasteiger partial charge in [0.1, 0.15) is 0 Å². The van der Waals surface area contributed by atoms with Crippen LogP contribution in [0.1, 0.15) is 51.9 Å². The van der Waals surface area contributed by atoms with Crippen molar-refractivity contribution in [2.45, 2.75) is 69.6 Å². The molecule has 0 aromatic heterocycles. The molecule has 0 atom stereocenters. The highest BCUT2D eigenvalue weighted by Crippen LogP contribution is 2.48. The van der Waals surface area contributed by atoms with E-state index in [1.807, 2.05) is 6.92 Å². The third kappa shape index (κ3) is 4.84. The molecule has 0 unspecified atom stereocenters. The highest BCUT2D eigenvalue weighted by atomic mass is 19.3. The predicted octanol–water partition coefficient (Wildman–Crippen LogP) is 5.61. The summed E-state index contributed by atoms with van der Waals surface area (Å²) >= 11 is 0. The van der Waals surface area contributed by atoms with Crippen molar-refractivity contribution < 1.29 is 30.7 Å².